The maximum Gasteiger partial charge on any atom is 0.188 e. The Bertz CT molecular complexity index is 1370. The number of rotatable bonds is 10. The van der Waals surface area contributed by atoms with E-state index >= 15 is 0 Å². The molecule has 10 unspecified atom stereocenters. The number of fused-ring (bicyclic) bond motifs is 1. The highest BCUT2D eigenvalue weighted by molar-refractivity contribution is 5.88. The van der Waals surface area contributed by atoms with Gasteiger partial charge >= 0.3 is 0 Å². The third kappa shape index (κ3) is 8.06. The highest BCUT2D eigenvalue weighted by atomic mass is 16.7. The van der Waals surface area contributed by atoms with Gasteiger partial charge in [0.05, 0.1) is 55.4 Å². The molecule has 3 aliphatic rings. The largest absolute Gasteiger partial charge is 0.496 e. The molecule has 3 aromatic carbocycles. The van der Waals surface area contributed by atoms with Crippen molar-refractivity contribution < 1.29 is 38.3 Å². The van der Waals surface area contributed by atoms with Gasteiger partial charge in [-0.15, -0.1) is 0 Å². The zero-order valence-electron chi connectivity index (χ0n) is 26.9. The molecule has 0 saturated carbocycles. The van der Waals surface area contributed by atoms with E-state index in [-0.39, 0.29) is 42.9 Å². The fourth-order valence-electron chi connectivity index (χ4n) is 7.13. The monoisotopic (exact) mass is 620 g/mol. The number of ether oxygens (including phenoxy) is 7. The van der Waals surface area contributed by atoms with Gasteiger partial charge in [-0.2, -0.15) is 0 Å². The van der Waals surface area contributed by atoms with Crippen LogP contribution in [0.5, 0.6) is 5.75 Å². The number of benzene rings is 3. The van der Waals surface area contributed by atoms with Crippen LogP contribution in [0.1, 0.15) is 89.4 Å². The summed E-state index contributed by atoms with van der Waals surface area (Å²) in [7, 11) is 1.68. The van der Waals surface area contributed by atoms with Crippen molar-refractivity contribution in [3.05, 3.63) is 77.9 Å². The van der Waals surface area contributed by atoms with E-state index < -0.39 is 18.7 Å². The van der Waals surface area contributed by atoms with Crippen molar-refractivity contribution in [1.82, 2.24) is 0 Å². The van der Waals surface area contributed by atoms with E-state index in [4.69, 9.17) is 33.2 Å². The van der Waals surface area contributed by atoms with E-state index in [1.54, 1.807) is 7.11 Å². The second kappa shape index (κ2) is 14.9. The summed E-state index contributed by atoms with van der Waals surface area (Å²) in [5, 5.41) is 13.4. The lowest BCUT2D eigenvalue weighted by Crippen LogP contribution is -2.42. The van der Waals surface area contributed by atoms with Gasteiger partial charge in [0.1, 0.15) is 5.75 Å². The molecule has 3 aromatic rings. The first-order valence-electron chi connectivity index (χ1n) is 16.6. The van der Waals surface area contributed by atoms with Gasteiger partial charge in [-0.25, -0.2) is 0 Å². The second-order valence-electron chi connectivity index (χ2n) is 12.8. The van der Waals surface area contributed by atoms with Gasteiger partial charge in [0.2, 0.25) is 0 Å². The maximum atomic E-state index is 11.2. The quantitative estimate of drug-likeness (QED) is 0.252. The van der Waals surface area contributed by atoms with Gasteiger partial charge in [0.15, 0.2) is 18.9 Å². The summed E-state index contributed by atoms with van der Waals surface area (Å²) in [6.45, 7) is 6.16. The Labute approximate surface area is 266 Å². The Hall–Kier alpha value is -2.56. The van der Waals surface area contributed by atoms with Crippen LogP contribution in [0.25, 0.3) is 10.8 Å². The summed E-state index contributed by atoms with van der Waals surface area (Å²) < 4.78 is 43.6. The fourth-order valence-corrected chi connectivity index (χ4v) is 7.13. The molecule has 6 rings (SSSR count). The molecule has 0 radical (unpaired) electrons. The minimum atomic E-state index is -0.555. The Morgan fingerprint density at radius 2 is 1.36 bits per heavy atom. The van der Waals surface area contributed by atoms with Crippen molar-refractivity contribution >= 4 is 10.8 Å². The molecule has 8 heteroatoms. The van der Waals surface area contributed by atoms with Crippen LogP contribution in [0.4, 0.5) is 0 Å². The van der Waals surface area contributed by atoms with E-state index in [1.165, 1.54) is 0 Å². The fraction of sp³-hybridized carbons (Fsp3) is 0.568. The molecule has 3 aliphatic heterocycles. The summed E-state index contributed by atoms with van der Waals surface area (Å²) in [5.41, 5.74) is 1.93. The summed E-state index contributed by atoms with van der Waals surface area (Å²) in [5.74, 6) is 0.755. The predicted octanol–water partition coefficient (Wildman–Crippen LogP) is 7.38. The van der Waals surface area contributed by atoms with Crippen LogP contribution in [0.15, 0.2) is 66.7 Å². The lowest BCUT2D eigenvalue weighted by molar-refractivity contribution is -0.271. The minimum absolute atomic E-state index is 0.0124. The summed E-state index contributed by atoms with van der Waals surface area (Å²) >= 11 is 0. The Balaban J connectivity index is 1.07. The summed E-state index contributed by atoms with van der Waals surface area (Å²) in [6, 6.07) is 22.3. The van der Waals surface area contributed by atoms with E-state index in [0.717, 1.165) is 53.3 Å². The average Bonchev–Trinajstić information content (AvgIpc) is 3.03. The molecule has 45 heavy (non-hydrogen) atoms. The van der Waals surface area contributed by atoms with Crippen LogP contribution in [0, 0.1) is 0 Å². The van der Waals surface area contributed by atoms with Crippen molar-refractivity contribution in [2.45, 2.75) is 127 Å². The zero-order chi connectivity index (χ0) is 31.3. The van der Waals surface area contributed by atoms with E-state index in [9.17, 15) is 5.11 Å². The number of hydrogen-bond donors (Lipinski definition) is 1. The number of hydrogen-bond acceptors (Lipinski definition) is 8. The molecule has 0 amide bonds. The molecule has 1 N–H and O–H groups in total. The molecule has 244 valence electrons. The SMILES string of the molecule is CCC1CC(CC(O)CC2CC(CC3CC(C)OC(c4c(OC)ccc5ccccc45)O3)OC(C)O2)OC(c2ccccc2)O1. The highest BCUT2D eigenvalue weighted by Gasteiger charge is 2.37. The van der Waals surface area contributed by atoms with Crippen LogP contribution in [0.2, 0.25) is 0 Å². The Kier molecular flexibility index (Phi) is 10.7. The maximum absolute atomic E-state index is 11.2. The minimum Gasteiger partial charge on any atom is -0.496 e. The molecule has 3 saturated heterocycles. The zero-order valence-corrected chi connectivity index (χ0v) is 26.9. The molecule has 0 aromatic heterocycles. The van der Waals surface area contributed by atoms with Crippen LogP contribution in [0.3, 0.4) is 0 Å². The van der Waals surface area contributed by atoms with Crippen LogP contribution >= 0.6 is 0 Å². The molecular weight excluding hydrogens is 572 g/mol. The molecule has 0 bridgehead atoms. The van der Waals surface area contributed by atoms with Crippen LogP contribution in [-0.2, 0) is 28.4 Å². The van der Waals surface area contributed by atoms with E-state index in [0.29, 0.717) is 19.3 Å². The standard InChI is InChI=1S/C37H48O8/c1-5-28-20-31(44-36(43-28)26-12-7-6-8-13-26)19-27(38)18-30-22-32(42-24(3)41-30)21-29-17-23(2)40-37(45-29)35-33-14-10-9-11-25(33)15-16-34(35)39-4/h6-16,23-24,27-32,36-38H,5,17-22H2,1-4H3. The molecule has 8 nitrogen and oxygen atoms in total. The third-order valence-corrected chi connectivity index (χ3v) is 9.23. The van der Waals surface area contributed by atoms with Crippen LogP contribution in [-0.4, -0.2) is 61.2 Å². The Morgan fingerprint density at radius 1 is 0.711 bits per heavy atom. The first kappa shape index (κ1) is 32.4. The molecule has 3 heterocycles. The van der Waals surface area contributed by atoms with Crippen LogP contribution < -0.4 is 4.74 Å². The molecule has 10 atom stereocenters. The number of methoxy groups -OCH3 is 1. The highest BCUT2D eigenvalue weighted by Crippen LogP contribution is 2.41. The molecule has 0 aliphatic carbocycles. The lowest BCUT2D eigenvalue weighted by Gasteiger charge is -2.40. The van der Waals surface area contributed by atoms with Gasteiger partial charge in [-0.05, 0) is 56.4 Å². The van der Waals surface area contributed by atoms with E-state index in [2.05, 4.69) is 32.0 Å². The predicted molar refractivity (Wildman–Crippen MR) is 171 cm³/mol. The van der Waals surface area contributed by atoms with Crippen molar-refractivity contribution in [2.24, 2.45) is 0 Å². The van der Waals surface area contributed by atoms with Crippen molar-refractivity contribution in [2.75, 3.05) is 7.11 Å². The third-order valence-electron chi connectivity index (χ3n) is 9.23. The number of aliphatic hydroxyl groups is 1. The van der Waals surface area contributed by atoms with Gasteiger partial charge < -0.3 is 38.3 Å². The van der Waals surface area contributed by atoms with Gasteiger partial charge in [-0.3, -0.25) is 0 Å². The van der Waals surface area contributed by atoms with E-state index in [1.807, 2.05) is 55.5 Å². The first-order valence-corrected chi connectivity index (χ1v) is 16.6. The topological polar surface area (TPSA) is 84.8 Å². The molecular formula is C37H48O8. The molecule has 0 spiro atoms. The Morgan fingerprint density at radius 3 is 2.13 bits per heavy atom. The van der Waals surface area contributed by atoms with Gasteiger partial charge in [0.25, 0.3) is 0 Å². The molecule has 3 fully saturated rings. The summed E-state index contributed by atoms with van der Waals surface area (Å²) in [6.07, 6.45) is 2.86. The average molecular weight is 621 g/mol. The lowest BCUT2D eigenvalue weighted by atomic mass is 9.94. The summed E-state index contributed by atoms with van der Waals surface area (Å²) in [4.78, 5) is 0. The second-order valence-corrected chi connectivity index (χ2v) is 12.8. The first-order chi connectivity index (χ1) is 21.9. The van der Waals surface area contributed by atoms with Crippen molar-refractivity contribution in [3.8, 4) is 5.75 Å². The van der Waals surface area contributed by atoms with Gasteiger partial charge in [-0.1, -0.05) is 67.6 Å². The normalized spacial score (nSPS) is 33.1. The van der Waals surface area contributed by atoms with Crippen molar-refractivity contribution in [1.29, 1.82) is 0 Å². The van der Waals surface area contributed by atoms with Crippen molar-refractivity contribution in [3.63, 3.8) is 0 Å². The smallest absolute Gasteiger partial charge is 0.188 e. The number of aliphatic hydroxyl groups excluding tert-OH is 1. The van der Waals surface area contributed by atoms with Gasteiger partial charge in [0, 0.05) is 24.8 Å².